The number of aryl methyl sites for hydroxylation is 2. The van der Waals surface area contributed by atoms with Crippen LogP contribution >= 0.6 is 11.3 Å². The second-order valence-electron chi connectivity index (χ2n) is 9.97. The number of amides is 2. The zero-order valence-electron chi connectivity index (χ0n) is 20.2. The molecule has 182 valence electrons. The number of carbonyl (C=O) groups is 2. The van der Waals surface area contributed by atoms with Gasteiger partial charge in [0, 0.05) is 48.9 Å². The van der Waals surface area contributed by atoms with Crippen LogP contribution in [-0.4, -0.2) is 49.6 Å². The summed E-state index contributed by atoms with van der Waals surface area (Å²) in [6.07, 6.45) is 8.65. The largest absolute Gasteiger partial charge is 0.342 e. The lowest BCUT2D eigenvalue weighted by molar-refractivity contribution is -0.139. The van der Waals surface area contributed by atoms with Crippen molar-refractivity contribution in [3.63, 3.8) is 0 Å². The fourth-order valence-electron chi connectivity index (χ4n) is 5.45. The van der Waals surface area contributed by atoms with Crippen LogP contribution in [0.5, 0.6) is 0 Å². The number of nitrogens with one attached hydrogen (secondary N) is 1. The van der Waals surface area contributed by atoms with Gasteiger partial charge in [0.05, 0.1) is 28.0 Å². The van der Waals surface area contributed by atoms with E-state index >= 15 is 0 Å². The summed E-state index contributed by atoms with van der Waals surface area (Å²) < 4.78 is 2.20. The lowest BCUT2D eigenvalue weighted by Gasteiger charge is -2.37. The van der Waals surface area contributed by atoms with Crippen LogP contribution in [0.4, 0.5) is 5.13 Å². The Morgan fingerprint density at radius 2 is 1.91 bits per heavy atom. The Labute approximate surface area is 208 Å². The molecule has 3 aromatic rings. The third-order valence-electron chi connectivity index (χ3n) is 7.58. The van der Waals surface area contributed by atoms with Crippen LogP contribution in [-0.2, 0) is 22.4 Å². The molecule has 0 bridgehead atoms. The van der Waals surface area contributed by atoms with E-state index in [1.54, 1.807) is 0 Å². The first-order valence-corrected chi connectivity index (χ1v) is 13.4. The zero-order chi connectivity index (χ0) is 24.1. The molecule has 1 saturated heterocycles. The Kier molecular flexibility index (Phi) is 5.67. The number of rotatable bonds is 4. The van der Waals surface area contributed by atoms with Crippen molar-refractivity contribution in [1.82, 2.24) is 24.6 Å². The van der Waals surface area contributed by atoms with Crippen LogP contribution in [0, 0.1) is 12.8 Å². The molecule has 8 nitrogen and oxygen atoms in total. The maximum absolute atomic E-state index is 12.8. The fourth-order valence-corrected chi connectivity index (χ4v) is 6.57. The lowest BCUT2D eigenvalue weighted by Crippen LogP contribution is -2.44. The van der Waals surface area contributed by atoms with E-state index in [1.165, 1.54) is 30.2 Å². The molecule has 2 fully saturated rings. The van der Waals surface area contributed by atoms with Crippen molar-refractivity contribution in [2.24, 2.45) is 5.92 Å². The molecule has 0 aromatic carbocycles. The number of carbonyl (C=O) groups excluding carboxylic acids is 2. The number of aromatic nitrogens is 4. The molecular formula is C26H30N6O2S. The SMILES string of the molecule is CC(=O)Nc1nc2c(s1)-c1c(c(-c3ccc(C)nc3)nn1C1CCN(C(=O)C3CCC3)CC1)CC2. The summed E-state index contributed by atoms with van der Waals surface area (Å²) in [6, 6.07) is 4.35. The predicted molar refractivity (Wildman–Crippen MR) is 135 cm³/mol. The Morgan fingerprint density at radius 1 is 1.11 bits per heavy atom. The second-order valence-corrected chi connectivity index (χ2v) is 11.0. The van der Waals surface area contributed by atoms with E-state index in [2.05, 4.69) is 25.9 Å². The van der Waals surface area contributed by atoms with E-state index in [-0.39, 0.29) is 17.9 Å². The Balaban J connectivity index is 1.36. The Morgan fingerprint density at radius 3 is 2.57 bits per heavy atom. The first-order valence-electron chi connectivity index (χ1n) is 12.6. The normalized spacial score (nSPS) is 18.1. The standard InChI is InChI=1S/C26H30N6O2S/c1-15-6-7-18(14-27-15)22-20-8-9-21-24(35-26(29-21)28-16(2)33)23(20)32(30-22)19-10-12-31(13-11-19)25(34)17-4-3-5-17/h6-7,14,17,19H,3-5,8-13H2,1-2H3,(H,28,29,33). The van der Waals surface area contributed by atoms with Gasteiger partial charge in [0.15, 0.2) is 5.13 Å². The molecule has 4 heterocycles. The summed E-state index contributed by atoms with van der Waals surface area (Å²) in [6.45, 7) is 5.06. The summed E-state index contributed by atoms with van der Waals surface area (Å²) >= 11 is 1.53. The van der Waals surface area contributed by atoms with E-state index in [0.29, 0.717) is 11.0 Å². The summed E-state index contributed by atoms with van der Waals surface area (Å²) in [5, 5.41) is 8.68. The summed E-state index contributed by atoms with van der Waals surface area (Å²) in [5.41, 5.74) is 6.38. The number of pyridine rings is 1. The lowest BCUT2D eigenvalue weighted by atomic mass is 9.84. The molecule has 0 unspecified atom stereocenters. The first kappa shape index (κ1) is 22.4. The molecule has 35 heavy (non-hydrogen) atoms. The van der Waals surface area contributed by atoms with Gasteiger partial charge in [-0.15, -0.1) is 0 Å². The van der Waals surface area contributed by atoms with Gasteiger partial charge in [-0.2, -0.15) is 5.10 Å². The minimum absolute atomic E-state index is 0.111. The molecule has 6 rings (SSSR count). The van der Waals surface area contributed by atoms with Gasteiger partial charge in [-0.05, 0) is 57.6 Å². The van der Waals surface area contributed by atoms with Gasteiger partial charge in [-0.25, -0.2) is 4.98 Å². The molecule has 2 aliphatic carbocycles. The first-order chi connectivity index (χ1) is 17.0. The Bertz CT molecular complexity index is 1280. The third kappa shape index (κ3) is 4.05. The predicted octanol–water partition coefficient (Wildman–Crippen LogP) is 4.40. The highest BCUT2D eigenvalue weighted by atomic mass is 32.1. The summed E-state index contributed by atoms with van der Waals surface area (Å²) in [5.74, 6) is 0.477. The van der Waals surface area contributed by atoms with Crippen molar-refractivity contribution in [3.05, 3.63) is 35.3 Å². The summed E-state index contributed by atoms with van der Waals surface area (Å²) in [7, 11) is 0. The number of hydrogen-bond acceptors (Lipinski definition) is 6. The quantitative estimate of drug-likeness (QED) is 0.585. The van der Waals surface area contributed by atoms with Crippen molar-refractivity contribution < 1.29 is 9.59 Å². The monoisotopic (exact) mass is 490 g/mol. The van der Waals surface area contributed by atoms with Gasteiger partial charge in [0.25, 0.3) is 0 Å². The number of piperidine rings is 1. The Hall–Kier alpha value is -3.07. The fraction of sp³-hybridized carbons (Fsp3) is 0.500. The maximum atomic E-state index is 12.8. The average Bonchev–Trinajstić information content (AvgIpc) is 3.39. The topological polar surface area (TPSA) is 93.0 Å². The molecule has 9 heteroatoms. The molecule has 1 N–H and O–H groups in total. The molecule has 0 radical (unpaired) electrons. The second kappa shape index (κ2) is 8.86. The average molecular weight is 491 g/mol. The van der Waals surface area contributed by atoms with Crippen LogP contribution in [0.3, 0.4) is 0 Å². The van der Waals surface area contributed by atoms with Crippen molar-refractivity contribution in [1.29, 1.82) is 0 Å². The molecule has 2 amide bonds. The molecule has 1 aliphatic heterocycles. The van der Waals surface area contributed by atoms with Gasteiger partial charge >= 0.3 is 0 Å². The van der Waals surface area contributed by atoms with Crippen LogP contribution in [0.1, 0.15) is 62.0 Å². The third-order valence-corrected chi connectivity index (χ3v) is 8.60. The van der Waals surface area contributed by atoms with Crippen LogP contribution in [0.2, 0.25) is 0 Å². The number of nitrogens with zero attached hydrogens (tertiary/aromatic N) is 5. The molecule has 1 saturated carbocycles. The van der Waals surface area contributed by atoms with E-state index in [9.17, 15) is 9.59 Å². The van der Waals surface area contributed by atoms with Crippen LogP contribution in [0.25, 0.3) is 21.8 Å². The van der Waals surface area contributed by atoms with E-state index < -0.39 is 0 Å². The van der Waals surface area contributed by atoms with Gasteiger partial charge in [-0.1, -0.05) is 17.8 Å². The molecule has 0 spiro atoms. The smallest absolute Gasteiger partial charge is 0.225 e. The van der Waals surface area contributed by atoms with Crippen molar-refractivity contribution in [3.8, 4) is 21.8 Å². The number of anilines is 1. The highest BCUT2D eigenvalue weighted by molar-refractivity contribution is 7.19. The zero-order valence-corrected chi connectivity index (χ0v) is 21.0. The van der Waals surface area contributed by atoms with Crippen molar-refractivity contribution in [2.45, 2.75) is 64.8 Å². The van der Waals surface area contributed by atoms with Gasteiger partial charge in [0.1, 0.15) is 0 Å². The highest BCUT2D eigenvalue weighted by Crippen LogP contribution is 2.45. The van der Waals surface area contributed by atoms with Crippen molar-refractivity contribution >= 4 is 28.3 Å². The number of thiazole rings is 1. The van der Waals surface area contributed by atoms with Gasteiger partial charge in [-0.3, -0.25) is 19.3 Å². The molecular weight excluding hydrogens is 460 g/mol. The number of likely N-dealkylation sites (tertiary alicyclic amines) is 1. The van der Waals surface area contributed by atoms with E-state index in [0.717, 1.165) is 84.8 Å². The van der Waals surface area contributed by atoms with E-state index in [1.807, 2.05) is 19.2 Å². The highest BCUT2D eigenvalue weighted by Gasteiger charge is 2.35. The van der Waals surface area contributed by atoms with Crippen LogP contribution < -0.4 is 5.32 Å². The minimum atomic E-state index is -0.111. The van der Waals surface area contributed by atoms with E-state index in [4.69, 9.17) is 10.1 Å². The van der Waals surface area contributed by atoms with Gasteiger partial charge < -0.3 is 10.2 Å². The maximum Gasteiger partial charge on any atom is 0.225 e. The number of hydrogen-bond donors (Lipinski definition) is 1. The van der Waals surface area contributed by atoms with Gasteiger partial charge in [0.2, 0.25) is 11.8 Å². The molecule has 3 aliphatic rings. The van der Waals surface area contributed by atoms with Crippen LogP contribution in [0.15, 0.2) is 18.3 Å². The summed E-state index contributed by atoms with van der Waals surface area (Å²) in [4.78, 5) is 36.8. The minimum Gasteiger partial charge on any atom is -0.342 e. The molecule has 0 atom stereocenters. The van der Waals surface area contributed by atoms with Crippen molar-refractivity contribution in [2.75, 3.05) is 18.4 Å². The molecule has 3 aromatic heterocycles. The number of fused-ring (bicyclic) bond motifs is 3.